The number of hydrogen-bond acceptors (Lipinski definition) is 2. The van der Waals surface area contributed by atoms with Crippen LogP contribution in [0.2, 0.25) is 0 Å². The fraction of sp³-hybridized carbons (Fsp3) is 0.500. The maximum atomic E-state index is 5.45. The topological polar surface area (TPSA) is 21.3 Å². The first-order valence-electron chi connectivity index (χ1n) is 6.90. The van der Waals surface area contributed by atoms with E-state index in [0.717, 1.165) is 32.7 Å². The highest BCUT2D eigenvalue weighted by Gasteiger charge is 2.10. The molecule has 0 amide bonds. The summed E-state index contributed by atoms with van der Waals surface area (Å²) in [6.45, 7) is 7.08. The first-order valence-corrected chi connectivity index (χ1v) is 6.90. The summed E-state index contributed by atoms with van der Waals surface area (Å²) in [4.78, 5) is 0. The van der Waals surface area contributed by atoms with Gasteiger partial charge >= 0.3 is 0 Å². The van der Waals surface area contributed by atoms with Crippen LogP contribution in [-0.2, 0) is 24.1 Å². The van der Waals surface area contributed by atoms with E-state index in [0.29, 0.717) is 0 Å². The molecule has 0 aromatic heterocycles. The fourth-order valence-electron chi connectivity index (χ4n) is 2.38. The molecule has 0 saturated heterocycles. The summed E-state index contributed by atoms with van der Waals surface area (Å²) in [5.74, 6) is 0. The van der Waals surface area contributed by atoms with Gasteiger partial charge in [-0.15, -0.1) is 6.58 Å². The Hall–Kier alpha value is -1.12. The van der Waals surface area contributed by atoms with E-state index in [1.165, 1.54) is 24.8 Å². The van der Waals surface area contributed by atoms with E-state index in [2.05, 4.69) is 30.1 Å². The van der Waals surface area contributed by atoms with Crippen LogP contribution in [0.25, 0.3) is 0 Å². The quantitative estimate of drug-likeness (QED) is 0.561. The minimum absolute atomic E-state index is 0.777. The van der Waals surface area contributed by atoms with Crippen LogP contribution >= 0.6 is 0 Å². The van der Waals surface area contributed by atoms with Crippen LogP contribution in [0.5, 0.6) is 0 Å². The van der Waals surface area contributed by atoms with Crippen molar-refractivity contribution in [2.75, 3.05) is 19.8 Å². The van der Waals surface area contributed by atoms with Crippen molar-refractivity contribution >= 4 is 0 Å². The first kappa shape index (κ1) is 13.3. The molecular weight excluding hydrogens is 222 g/mol. The molecule has 0 saturated carbocycles. The van der Waals surface area contributed by atoms with Gasteiger partial charge in [0.05, 0.1) is 13.2 Å². The second-order valence-corrected chi connectivity index (χ2v) is 4.82. The molecule has 1 aromatic carbocycles. The third-order valence-electron chi connectivity index (χ3n) is 3.38. The molecule has 1 aromatic rings. The van der Waals surface area contributed by atoms with Crippen molar-refractivity contribution < 1.29 is 4.74 Å². The van der Waals surface area contributed by atoms with Crippen molar-refractivity contribution in [3.05, 3.63) is 47.5 Å². The van der Waals surface area contributed by atoms with Gasteiger partial charge in [-0.25, -0.2) is 0 Å². The predicted molar refractivity (Wildman–Crippen MR) is 75.8 cm³/mol. The van der Waals surface area contributed by atoms with Crippen LogP contribution in [0, 0.1) is 0 Å². The average Bonchev–Trinajstić information content (AvgIpc) is 2.85. The highest BCUT2D eigenvalue weighted by Crippen LogP contribution is 2.22. The molecule has 0 radical (unpaired) electrons. The van der Waals surface area contributed by atoms with Crippen molar-refractivity contribution in [2.24, 2.45) is 0 Å². The summed E-state index contributed by atoms with van der Waals surface area (Å²) >= 11 is 0. The Bertz CT molecular complexity index is 387. The van der Waals surface area contributed by atoms with Crippen LogP contribution < -0.4 is 5.32 Å². The van der Waals surface area contributed by atoms with Crippen molar-refractivity contribution in [1.29, 1.82) is 0 Å². The lowest BCUT2D eigenvalue weighted by Crippen LogP contribution is -2.19. The Morgan fingerprint density at radius 3 is 3.00 bits per heavy atom. The van der Waals surface area contributed by atoms with Crippen LogP contribution in [0.4, 0.5) is 0 Å². The highest BCUT2D eigenvalue weighted by molar-refractivity contribution is 5.35. The summed E-state index contributed by atoms with van der Waals surface area (Å²) < 4.78 is 5.45. The fourth-order valence-corrected chi connectivity index (χ4v) is 2.38. The van der Waals surface area contributed by atoms with Crippen molar-refractivity contribution in [2.45, 2.75) is 32.2 Å². The molecule has 1 N–H and O–H groups in total. The number of ether oxygens (including phenoxy) is 1. The molecule has 0 fully saturated rings. The van der Waals surface area contributed by atoms with Gasteiger partial charge in [0.25, 0.3) is 0 Å². The zero-order valence-electron chi connectivity index (χ0n) is 11.1. The zero-order valence-corrected chi connectivity index (χ0v) is 11.1. The van der Waals surface area contributed by atoms with Crippen LogP contribution in [0.15, 0.2) is 30.9 Å². The van der Waals surface area contributed by atoms with Crippen molar-refractivity contribution in [3.63, 3.8) is 0 Å². The van der Waals surface area contributed by atoms with E-state index < -0.39 is 0 Å². The van der Waals surface area contributed by atoms with Crippen LogP contribution in [0.3, 0.4) is 0 Å². The molecule has 1 aliphatic carbocycles. The molecule has 0 atom stereocenters. The number of rotatable bonds is 8. The molecule has 0 spiro atoms. The lowest BCUT2D eigenvalue weighted by molar-refractivity contribution is 0.140. The summed E-state index contributed by atoms with van der Waals surface area (Å²) in [7, 11) is 0. The van der Waals surface area contributed by atoms with E-state index >= 15 is 0 Å². The minimum atomic E-state index is 0.777. The molecule has 1 aliphatic rings. The third kappa shape index (κ3) is 3.97. The average molecular weight is 245 g/mol. The van der Waals surface area contributed by atoms with Gasteiger partial charge in [-0.2, -0.15) is 0 Å². The number of fused-ring (bicyclic) bond motifs is 1. The van der Waals surface area contributed by atoms with Gasteiger partial charge in [0, 0.05) is 13.1 Å². The van der Waals surface area contributed by atoms with E-state index in [1.54, 1.807) is 11.1 Å². The number of nitrogens with one attached hydrogen (secondary N) is 1. The molecule has 0 aliphatic heterocycles. The largest absolute Gasteiger partial charge is 0.380 e. The Balaban J connectivity index is 1.63. The molecule has 0 unspecified atom stereocenters. The minimum Gasteiger partial charge on any atom is -0.380 e. The lowest BCUT2D eigenvalue weighted by atomic mass is 10.1. The first-order chi connectivity index (χ1) is 8.90. The van der Waals surface area contributed by atoms with Gasteiger partial charge in [0.1, 0.15) is 0 Å². The number of hydrogen-bond donors (Lipinski definition) is 1. The van der Waals surface area contributed by atoms with E-state index in [9.17, 15) is 0 Å². The summed E-state index contributed by atoms with van der Waals surface area (Å²) in [6.07, 6.45) is 6.67. The molecule has 98 valence electrons. The van der Waals surface area contributed by atoms with Gasteiger partial charge in [-0.05, 0) is 42.4 Å². The number of aryl methyl sites for hydroxylation is 2. The second-order valence-electron chi connectivity index (χ2n) is 4.82. The molecule has 18 heavy (non-hydrogen) atoms. The molecule has 0 bridgehead atoms. The van der Waals surface area contributed by atoms with Gasteiger partial charge in [-0.1, -0.05) is 24.3 Å². The van der Waals surface area contributed by atoms with Gasteiger partial charge < -0.3 is 10.1 Å². The Morgan fingerprint density at radius 2 is 2.11 bits per heavy atom. The second kappa shape index (κ2) is 7.34. The summed E-state index contributed by atoms with van der Waals surface area (Å²) in [5, 5.41) is 3.42. The summed E-state index contributed by atoms with van der Waals surface area (Å²) in [5.41, 5.74) is 4.49. The molecule has 2 rings (SSSR count). The van der Waals surface area contributed by atoms with Crippen LogP contribution in [-0.4, -0.2) is 19.8 Å². The van der Waals surface area contributed by atoms with Gasteiger partial charge in [0.15, 0.2) is 0 Å². The summed E-state index contributed by atoms with van der Waals surface area (Å²) in [6, 6.07) is 6.89. The SMILES string of the molecule is C=CCCOCCNCc1ccc2c(c1)CCC2. The Morgan fingerprint density at radius 1 is 1.22 bits per heavy atom. The Labute approximate surface area is 110 Å². The molecule has 2 nitrogen and oxygen atoms in total. The smallest absolute Gasteiger partial charge is 0.0591 e. The lowest BCUT2D eigenvalue weighted by Gasteiger charge is -2.07. The predicted octanol–water partition coefficient (Wildman–Crippen LogP) is 2.86. The zero-order chi connectivity index (χ0) is 12.6. The maximum Gasteiger partial charge on any atom is 0.0591 e. The number of benzene rings is 1. The monoisotopic (exact) mass is 245 g/mol. The van der Waals surface area contributed by atoms with Gasteiger partial charge in [-0.3, -0.25) is 0 Å². The van der Waals surface area contributed by atoms with Crippen molar-refractivity contribution in [1.82, 2.24) is 5.32 Å². The molecular formula is C16H23NO. The Kier molecular flexibility index (Phi) is 5.43. The van der Waals surface area contributed by atoms with E-state index in [-0.39, 0.29) is 0 Å². The maximum absolute atomic E-state index is 5.45. The van der Waals surface area contributed by atoms with E-state index in [1.807, 2.05) is 6.08 Å². The highest BCUT2D eigenvalue weighted by atomic mass is 16.5. The van der Waals surface area contributed by atoms with Gasteiger partial charge in [0.2, 0.25) is 0 Å². The normalized spacial score (nSPS) is 13.6. The standard InChI is InChI=1S/C16H23NO/c1-2-3-10-18-11-9-17-13-14-7-8-15-5-4-6-16(15)12-14/h2,7-8,12,17H,1,3-6,9-11,13H2. The van der Waals surface area contributed by atoms with Crippen molar-refractivity contribution in [3.8, 4) is 0 Å². The molecule has 2 heteroatoms. The molecule has 0 heterocycles. The third-order valence-corrected chi connectivity index (χ3v) is 3.38. The van der Waals surface area contributed by atoms with E-state index in [4.69, 9.17) is 4.74 Å². The van der Waals surface area contributed by atoms with Crippen LogP contribution in [0.1, 0.15) is 29.5 Å².